The SMILES string of the molecule is C=CC(=O)C=Cc1cc(OC)c(O)c(OC)c1. The Kier molecular flexibility index (Phi) is 4.34. The number of benzene rings is 1. The zero-order chi connectivity index (χ0) is 12.8. The maximum absolute atomic E-state index is 11.0. The highest BCUT2D eigenvalue weighted by atomic mass is 16.5. The summed E-state index contributed by atoms with van der Waals surface area (Å²) >= 11 is 0. The topological polar surface area (TPSA) is 55.8 Å². The number of phenols is 1. The van der Waals surface area contributed by atoms with Gasteiger partial charge in [-0.3, -0.25) is 4.79 Å². The summed E-state index contributed by atoms with van der Waals surface area (Å²) in [4.78, 5) is 11.0. The molecule has 1 aromatic rings. The maximum atomic E-state index is 11.0. The summed E-state index contributed by atoms with van der Waals surface area (Å²) in [5, 5.41) is 9.68. The number of rotatable bonds is 5. The van der Waals surface area contributed by atoms with Gasteiger partial charge in [-0.2, -0.15) is 0 Å². The minimum absolute atomic E-state index is 0.0674. The first-order chi connectivity index (χ1) is 8.12. The lowest BCUT2D eigenvalue weighted by molar-refractivity contribution is -0.110. The lowest BCUT2D eigenvalue weighted by atomic mass is 10.1. The van der Waals surface area contributed by atoms with E-state index in [0.717, 1.165) is 0 Å². The van der Waals surface area contributed by atoms with Crippen molar-refractivity contribution < 1.29 is 19.4 Å². The smallest absolute Gasteiger partial charge is 0.200 e. The summed E-state index contributed by atoms with van der Waals surface area (Å²) in [7, 11) is 2.88. The van der Waals surface area contributed by atoms with Crippen molar-refractivity contribution in [2.75, 3.05) is 14.2 Å². The molecule has 1 aromatic carbocycles. The van der Waals surface area contributed by atoms with Gasteiger partial charge in [0, 0.05) is 0 Å². The summed E-state index contributed by atoms with van der Waals surface area (Å²) < 4.78 is 9.98. The molecule has 0 spiro atoms. The molecular weight excluding hydrogens is 220 g/mol. The highest BCUT2D eigenvalue weighted by Gasteiger charge is 2.09. The molecule has 0 saturated heterocycles. The van der Waals surface area contributed by atoms with Gasteiger partial charge in [0.1, 0.15) is 0 Å². The van der Waals surface area contributed by atoms with Crippen LogP contribution < -0.4 is 9.47 Å². The first-order valence-electron chi connectivity index (χ1n) is 4.91. The Labute approximate surface area is 99.8 Å². The molecule has 4 nitrogen and oxygen atoms in total. The van der Waals surface area contributed by atoms with Crippen molar-refractivity contribution in [3.05, 3.63) is 36.4 Å². The molecule has 0 saturated carbocycles. The number of allylic oxidation sites excluding steroid dienone is 2. The quantitative estimate of drug-likeness (QED) is 0.793. The fraction of sp³-hybridized carbons (Fsp3) is 0.154. The zero-order valence-electron chi connectivity index (χ0n) is 9.77. The first-order valence-corrected chi connectivity index (χ1v) is 4.91. The fourth-order valence-electron chi connectivity index (χ4n) is 1.26. The van der Waals surface area contributed by atoms with E-state index in [9.17, 15) is 9.90 Å². The number of hydrogen-bond acceptors (Lipinski definition) is 4. The van der Waals surface area contributed by atoms with Crippen molar-refractivity contribution in [1.82, 2.24) is 0 Å². The number of methoxy groups -OCH3 is 2. The van der Waals surface area contributed by atoms with E-state index in [-0.39, 0.29) is 23.0 Å². The van der Waals surface area contributed by atoms with Crippen LogP contribution in [0.5, 0.6) is 17.2 Å². The number of phenolic OH excluding ortho intramolecular Hbond substituents is 1. The maximum Gasteiger partial charge on any atom is 0.200 e. The van der Waals surface area contributed by atoms with Gasteiger partial charge >= 0.3 is 0 Å². The van der Waals surface area contributed by atoms with E-state index < -0.39 is 0 Å². The Bertz CT molecular complexity index is 435. The molecule has 0 atom stereocenters. The second kappa shape index (κ2) is 5.75. The molecule has 4 heteroatoms. The average Bonchev–Trinajstić information content (AvgIpc) is 2.36. The summed E-state index contributed by atoms with van der Waals surface area (Å²) in [5.41, 5.74) is 0.687. The van der Waals surface area contributed by atoms with Crippen molar-refractivity contribution in [3.8, 4) is 17.2 Å². The van der Waals surface area contributed by atoms with Crippen molar-refractivity contribution in [1.29, 1.82) is 0 Å². The lowest BCUT2D eigenvalue weighted by Gasteiger charge is -2.09. The van der Waals surface area contributed by atoms with Gasteiger partial charge in [-0.25, -0.2) is 0 Å². The Hall–Kier alpha value is -2.23. The van der Waals surface area contributed by atoms with Gasteiger partial charge in [-0.1, -0.05) is 12.7 Å². The first kappa shape index (κ1) is 12.8. The van der Waals surface area contributed by atoms with E-state index in [1.54, 1.807) is 18.2 Å². The number of aromatic hydroxyl groups is 1. The van der Waals surface area contributed by atoms with Crippen LogP contribution in [-0.4, -0.2) is 25.1 Å². The number of ether oxygens (including phenoxy) is 2. The average molecular weight is 234 g/mol. The van der Waals surface area contributed by atoms with Gasteiger partial charge in [0.15, 0.2) is 17.3 Å². The molecule has 0 unspecified atom stereocenters. The van der Waals surface area contributed by atoms with E-state index >= 15 is 0 Å². The van der Waals surface area contributed by atoms with Crippen molar-refractivity contribution >= 4 is 11.9 Å². The molecule has 1 rings (SSSR count). The number of carbonyl (C=O) groups is 1. The van der Waals surface area contributed by atoms with Crippen LogP contribution in [-0.2, 0) is 4.79 Å². The van der Waals surface area contributed by atoms with Gasteiger partial charge in [0.05, 0.1) is 14.2 Å². The summed E-state index contributed by atoms with van der Waals surface area (Å²) in [5.74, 6) is 0.309. The van der Waals surface area contributed by atoms with Crippen molar-refractivity contribution in [3.63, 3.8) is 0 Å². The van der Waals surface area contributed by atoms with E-state index in [2.05, 4.69) is 6.58 Å². The molecule has 1 N–H and O–H groups in total. The molecule has 17 heavy (non-hydrogen) atoms. The molecule has 0 heterocycles. The van der Waals surface area contributed by atoms with Crippen LogP contribution >= 0.6 is 0 Å². The summed E-state index contributed by atoms with van der Waals surface area (Å²) in [6, 6.07) is 3.20. The third kappa shape index (κ3) is 3.11. The number of carbonyl (C=O) groups excluding carboxylic acids is 1. The molecule has 0 aromatic heterocycles. The van der Waals surface area contributed by atoms with Gasteiger partial charge in [0.2, 0.25) is 5.75 Å². The van der Waals surface area contributed by atoms with Crippen LogP contribution in [0.1, 0.15) is 5.56 Å². The van der Waals surface area contributed by atoms with E-state index in [1.165, 1.54) is 26.4 Å². The fourth-order valence-corrected chi connectivity index (χ4v) is 1.26. The molecule has 0 amide bonds. The van der Waals surface area contributed by atoms with Crippen molar-refractivity contribution in [2.45, 2.75) is 0 Å². The van der Waals surface area contributed by atoms with Crippen LogP contribution in [0.25, 0.3) is 6.08 Å². The third-order valence-electron chi connectivity index (χ3n) is 2.14. The molecule has 0 bridgehead atoms. The van der Waals surface area contributed by atoms with Crippen LogP contribution in [0.4, 0.5) is 0 Å². The van der Waals surface area contributed by atoms with Gasteiger partial charge in [-0.15, -0.1) is 0 Å². The predicted molar refractivity (Wildman–Crippen MR) is 65.4 cm³/mol. The Morgan fingerprint density at radius 1 is 1.29 bits per heavy atom. The Balaban J connectivity index is 3.13. The third-order valence-corrected chi connectivity index (χ3v) is 2.14. The predicted octanol–water partition coefficient (Wildman–Crippen LogP) is 2.18. The number of ketones is 1. The van der Waals surface area contributed by atoms with Gasteiger partial charge < -0.3 is 14.6 Å². The normalized spacial score (nSPS) is 10.2. The molecule has 90 valence electrons. The molecular formula is C13H14O4. The molecule has 0 aliphatic rings. The van der Waals surface area contributed by atoms with Crippen molar-refractivity contribution in [2.24, 2.45) is 0 Å². The van der Waals surface area contributed by atoms with Crippen LogP contribution in [0.2, 0.25) is 0 Å². The van der Waals surface area contributed by atoms with E-state index in [0.29, 0.717) is 5.56 Å². The number of hydrogen-bond donors (Lipinski definition) is 1. The molecule has 0 aliphatic carbocycles. The summed E-state index contributed by atoms with van der Waals surface area (Å²) in [6.07, 6.45) is 4.18. The molecule has 0 aliphatic heterocycles. The monoisotopic (exact) mass is 234 g/mol. The summed E-state index contributed by atoms with van der Waals surface area (Å²) in [6.45, 7) is 3.36. The van der Waals surface area contributed by atoms with Crippen LogP contribution in [0.15, 0.2) is 30.9 Å². The highest BCUT2D eigenvalue weighted by molar-refractivity contribution is 6.01. The van der Waals surface area contributed by atoms with Crippen LogP contribution in [0.3, 0.4) is 0 Å². The Morgan fingerprint density at radius 2 is 1.82 bits per heavy atom. The minimum atomic E-state index is -0.198. The van der Waals surface area contributed by atoms with E-state index in [4.69, 9.17) is 9.47 Å². The highest BCUT2D eigenvalue weighted by Crippen LogP contribution is 2.37. The molecule has 0 radical (unpaired) electrons. The second-order valence-electron chi connectivity index (χ2n) is 3.21. The standard InChI is InChI=1S/C13H14O4/c1-4-10(14)6-5-9-7-11(16-2)13(15)12(8-9)17-3/h4-8,15H,1H2,2-3H3. The Morgan fingerprint density at radius 3 is 2.24 bits per heavy atom. The minimum Gasteiger partial charge on any atom is -0.502 e. The largest absolute Gasteiger partial charge is 0.502 e. The van der Waals surface area contributed by atoms with Gasteiger partial charge in [0.25, 0.3) is 0 Å². The van der Waals surface area contributed by atoms with Gasteiger partial charge in [-0.05, 0) is 29.8 Å². The zero-order valence-corrected chi connectivity index (χ0v) is 9.77. The van der Waals surface area contributed by atoms with E-state index in [1.807, 2.05) is 0 Å². The lowest BCUT2D eigenvalue weighted by Crippen LogP contribution is -1.90. The molecule has 0 fully saturated rings. The second-order valence-corrected chi connectivity index (χ2v) is 3.21. The van der Waals surface area contributed by atoms with Crippen LogP contribution in [0, 0.1) is 0 Å².